The lowest BCUT2D eigenvalue weighted by molar-refractivity contribution is 1.38. The second-order valence-corrected chi connectivity index (χ2v) is 18.2. The Kier molecular flexibility index (Phi) is 7.86. The van der Waals surface area contributed by atoms with Gasteiger partial charge < -0.3 is 0 Å². The van der Waals surface area contributed by atoms with Crippen molar-refractivity contribution in [3.8, 4) is 89.0 Å². The summed E-state index contributed by atoms with van der Waals surface area (Å²) >= 11 is 0. The summed E-state index contributed by atoms with van der Waals surface area (Å²) in [6.07, 6.45) is 0. The first-order valence-corrected chi connectivity index (χ1v) is 22.2. The van der Waals surface area contributed by atoms with Crippen LogP contribution in [0.4, 0.5) is 0 Å². The Hall–Kier alpha value is -7.02. The molecule has 0 aromatic heterocycles. The van der Waals surface area contributed by atoms with Crippen LogP contribution in [-0.2, 0) is 0 Å². The van der Waals surface area contributed by atoms with E-state index in [4.69, 9.17) is 0 Å². The molecule has 2 aliphatic rings. The van der Waals surface area contributed by atoms with Crippen LogP contribution in [0.3, 0.4) is 0 Å². The second-order valence-electron chi connectivity index (χ2n) is 18.2. The fourth-order valence-electron chi connectivity index (χ4n) is 12.2. The summed E-state index contributed by atoms with van der Waals surface area (Å²) in [4.78, 5) is 0. The lowest BCUT2D eigenvalue weighted by Gasteiger charge is -2.24. The summed E-state index contributed by atoms with van der Waals surface area (Å²) in [5, 5.41) is 8.00. The molecule has 0 saturated carbocycles. The first-order valence-electron chi connectivity index (χ1n) is 22.2. The number of aryl methyl sites for hydroxylation is 8. The predicted molar refractivity (Wildman–Crippen MR) is 267 cm³/mol. The SMILES string of the molecule is Cc1cccc(C)c1-c1c2c(c(-c3c(C)cccc3C)c3ccccc13)-c1ccc3c4c(ccc-2c14)-c1c-3c(-c2c(C)cccc2C)c2ccccc2c1-c1c(C)cccc1C. The van der Waals surface area contributed by atoms with Crippen LogP contribution in [0, 0.1) is 55.4 Å². The normalized spacial score (nSPS) is 12.2. The fraction of sp³-hybridized carbons (Fsp3) is 0.129. The molecule has 62 heavy (non-hydrogen) atoms. The molecule has 10 aromatic rings. The Bertz CT molecular complexity index is 3090. The average molecular weight is 793 g/mol. The number of rotatable bonds is 4. The summed E-state index contributed by atoms with van der Waals surface area (Å²) in [6.45, 7) is 18.3. The Morgan fingerprint density at radius 3 is 0.565 bits per heavy atom. The van der Waals surface area contributed by atoms with Gasteiger partial charge in [0.05, 0.1) is 0 Å². The topological polar surface area (TPSA) is 0 Å². The highest BCUT2D eigenvalue weighted by Crippen LogP contribution is 2.65. The standard InChI is InChI=1S/C62H48/c1-33-17-13-18-34(2)49(33)55-41-25-9-10-26-42(41)56(50-35(3)19-14-20-36(50)4)60-46-31-32-48-54-47(30-29-45(53(46)54)59(55)60)61-57(51-37(5)21-15-22-38(51)6)43-27-11-12-28-44(43)58(62(48)61)52-39(7)23-16-24-40(52)8/h9-32H,1-8H3. The van der Waals surface area contributed by atoms with Crippen LogP contribution in [0.1, 0.15) is 44.5 Å². The van der Waals surface area contributed by atoms with Gasteiger partial charge in [-0.25, -0.2) is 0 Å². The summed E-state index contributed by atoms with van der Waals surface area (Å²) in [5.41, 5.74) is 32.0. The minimum Gasteiger partial charge on any atom is -0.0617 e. The van der Waals surface area contributed by atoms with Crippen LogP contribution in [0.15, 0.2) is 146 Å². The van der Waals surface area contributed by atoms with Crippen molar-refractivity contribution >= 4 is 32.3 Å². The van der Waals surface area contributed by atoms with Gasteiger partial charge in [-0.2, -0.15) is 0 Å². The van der Waals surface area contributed by atoms with Gasteiger partial charge in [-0.05, 0) is 221 Å². The van der Waals surface area contributed by atoms with Gasteiger partial charge in [-0.1, -0.05) is 146 Å². The molecule has 0 N–H and O–H groups in total. The van der Waals surface area contributed by atoms with Gasteiger partial charge in [0.25, 0.3) is 0 Å². The van der Waals surface area contributed by atoms with Gasteiger partial charge in [0.15, 0.2) is 0 Å². The molecule has 0 fully saturated rings. The molecule has 2 aliphatic carbocycles. The van der Waals surface area contributed by atoms with Crippen molar-refractivity contribution in [3.05, 3.63) is 190 Å². The van der Waals surface area contributed by atoms with E-state index in [1.165, 1.54) is 166 Å². The molecule has 0 atom stereocenters. The van der Waals surface area contributed by atoms with E-state index in [0.717, 1.165) is 0 Å². The highest BCUT2D eigenvalue weighted by molar-refractivity contribution is 6.35. The maximum Gasteiger partial charge on any atom is -0.000720 e. The van der Waals surface area contributed by atoms with Crippen molar-refractivity contribution in [1.29, 1.82) is 0 Å². The Morgan fingerprint density at radius 1 is 0.177 bits per heavy atom. The number of hydrogen-bond acceptors (Lipinski definition) is 0. The zero-order valence-electron chi connectivity index (χ0n) is 36.9. The quantitative estimate of drug-likeness (QED) is 0.167. The van der Waals surface area contributed by atoms with Crippen LogP contribution in [0.2, 0.25) is 0 Å². The molecule has 0 aliphatic heterocycles. The maximum absolute atomic E-state index is 2.49. The monoisotopic (exact) mass is 792 g/mol. The molecular weight excluding hydrogens is 745 g/mol. The van der Waals surface area contributed by atoms with Crippen molar-refractivity contribution in [2.24, 2.45) is 0 Å². The van der Waals surface area contributed by atoms with E-state index in [9.17, 15) is 0 Å². The third kappa shape index (κ3) is 4.78. The zero-order chi connectivity index (χ0) is 42.3. The summed E-state index contributed by atoms with van der Waals surface area (Å²) in [6, 6.07) is 55.6. The highest BCUT2D eigenvalue weighted by Gasteiger charge is 2.38. The molecule has 0 heterocycles. The number of hydrogen-bond donors (Lipinski definition) is 0. The molecule has 0 spiro atoms. The van der Waals surface area contributed by atoms with E-state index in [2.05, 4.69) is 201 Å². The first-order chi connectivity index (χ1) is 30.2. The van der Waals surface area contributed by atoms with E-state index in [1.54, 1.807) is 0 Å². The molecule has 12 rings (SSSR count). The zero-order valence-corrected chi connectivity index (χ0v) is 36.9. The lowest BCUT2D eigenvalue weighted by Crippen LogP contribution is -1.99. The van der Waals surface area contributed by atoms with Crippen molar-refractivity contribution < 1.29 is 0 Å². The summed E-state index contributed by atoms with van der Waals surface area (Å²) in [7, 11) is 0. The molecule has 0 radical (unpaired) electrons. The van der Waals surface area contributed by atoms with E-state index >= 15 is 0 Å². The van der Waals surface area contributed by atoms with Crippen LogP contribution in [0.5, 0.6) is 0 Å². The Morgan fingerprint density at radius 2 is 0.371 bits per heavy atom. The molecule has 0 unspecified atom stereocenters. The van der Waals surface area contributed by atoms with E-state index in [0.29, 0.717) is 0 Å². The number of benzene rings is 10. The van der Waals surface area contributed by atoms with Crippen LogP contribution < -0.4 is 0 Å². The van der Waals surface area contributed by atoms with E-state index < -0.39 is 0 Å². The minimum atomic E-state index is 1.31. The van der Waals surface area contributed by atoms with Crippen molar-refractivity contribution in [3.63, 3.8) is 0 Å². The Labute approximate surface area is 365 Å². The lowest BCUT2D eigenvalue weighted by atomic mass is 9.78. The largest absolute Gasteiger partial charge is 0.0617 e. The molecule has 0 amide bonds. The van der Waals surface area contributed by atoms with E-state index in [-0.39, 0.29) is 0 Å². The van der Waals surface area contributed by atoms with Gasteiger partial charge in [-0.15, -0.1) is 0 Å². The predicted octanol–water partition coefficient (Wildman–Crippen LogP) is 17.6. The molecule has 0 nitrogen and oxygen atoms in total. The maximum atomic E-state index is 2.49. The molecule has 10 aromatic carbocycles. The molecule has 0 saturated heterocycles. The van der Waals surface area contributed by atoms with Crippen molar-refractivity contribution in [2.45, 2.75) is 55.4 Å². The fourth-order valence-corrected chi connectivity index (χ4v) is 12.2. The van der Waals surface area contributed by atoms with Gasteiger partial charge in [0, 0.05) is 0 Å². The molecule has 296 valence electrons. The minimum absolute atomic E-state index is 1.31. The van der Waals surface area contributed by atoms with Gasteiger partial charge in [0.2, 0.25) is 0 Å². The molecule has 0 heteroatoms. The smallest absolute Gasteiger partial charge is 0.000720 e. The van der Waals surface area contributed by atoms with Gasteiger partial charge >= 0.3 is 0 Å². The highest BCUT2D eigenvalue weighted by atomic mass is 14.4. The van der Waals surface area contributed by atoms with Gasteiger partial charge in [0.1, 0.15) is 0 Å². The van der Waals surface area contributed by atoms with Crippen molar-refractivity contribution in [2.75, 3.05) is 0 Å². The van der Waals surface area contributed by atoms with E-state index in [1.807, 2.05) is 0 Å². The second kappa shape index (κ2) is 13.2. The van der Waals surface area contributed by atoms with Gasteiger partial charge in [-0.3, -0.25) is 0 Å². The van der Waals surface area contributed by atoms with Crippen LogP contribution in [-0.4, -0.2) is 0 Å². The summed E-state index contributed by atoms with van der Waals surface area (Å²) in [5.74, 6) is 0. The summed E-state index contributed by atoms with van der Waals surface area (Å²) < 4.78 is 0. The van der Waals surface area contributed by atoms with Crippen molar-refractivity contribution in [1.82, 2.24) is 0 Å². The molecular formula is C62H48. The Balaban J connectivity index is 1.31. The molecule has 0 bridgehead atoms. The third-order valence-electron chi connectivity index (χ3n) is 14.6. The first kappa shape index (κ1) is 36.8. The van der Waals surface area contributed by atoms with Crippen LogP contribution in [0.25, 0.3) is 121 Å². The average Bonchev–Trinajstić information content (AvgIpc) is 3.77. The van der Waals surface area contributed by atoms with Crippen LogP contribution >= 0.6 is 0 Å². The third-order valence-corrected chi connectivity index (χ3v) is 14.6. The number of fused-ring (bicyclic) bond motifs is 8.